The molecule has 1 unspecified atom stereocenters. The molecular formula is C52H56BrCl2FN8O5. The number of aromatic nitrogens is 3. The predicted octanol–water partition coefficient (Wildman–Crippen LogP) is 10.0. The van der Waals surface area contributed by atoms with Crippen LogP contribution in [0.5, 0.6) is 5.75 Å². The number of carbonyl (C=O) groups is 1. The lowest BCUT2D eigenvalue weighted by Gasteiger charge is -2.34. The quantitative estimate of drug-likeness (QED) is 0.0598. The van der Waals surface area contributed by atoms with Gasteiger partial charge in [0, 0.05) is 90.3 Å². The number of piperazine rings is 1. The number of hydrogen-bond acceptors (Lipinski definition) is 11. The SMILES string of the molecule is O=C(CCl)N1N=C(c2ccc(Br)cc2)CC1c1ccc(OCCOCCOCCN2CCN(Cc3ccc(-c4cn(C5CCC(O)CC5)c5nc(Nc6cc(F)cc(Cl)c6)ncc45)cc3)CC2)cc1. The number of anilines is 2. The molecule has 1 atom stereocenters. The monoisotopic (exact) mass is 1040 g/mol. The van der Waals surface area contributed by atoms with E-state index >= 15 is 0 Å². The molecule has 13 nitrogen and oxygen atoms in total. The van der Waals surface area contributed by atoms with Gasteiger partial charge in [0.15, 0.2) is 0 Å². The average Bonchev–Trinajstić information content (AvgIpc) is 3.97. The van der Waals surface area contributed by atoms with Crippen molar-refractivity contribution in [3.63, 3.8) is 0 Å². The van der Waals surface area contributed by atoms with Gasteiger partial charge in [-0.3, -0.25) is 14.6 Å². The van der Waals surface area contributed by atoms with Crippen LogP contribution in [0.1, 0.15) is 60.9 Å². The van der Waals surface area contributed by atoms with Crippen molar-refractivity contribution >= 4 is 73.4 Å². The maximum Gasteiger partial charge on any atom is 0.258 e. The number of nitrogens with one attached hydrogen (secondary N) is 1. The number of hydrazone groups is 1. The van der Waals surface area contributed by atoms with Crippen molar-refractivity contribution in [1.82, 2.24) is 29.3 Å². The number of ether oxygens (including phenoxy) is 3. The summed E-state index contributed by atoms with van der Waals surface area (Å²) in [6, 6.07) is 28.7. The van der Waals surface area contributed by atoms with Crippen LogP contribution in [0.3, 0.4) is 0 Å². The molecule has 1 saturated heterocycles. The summed E-state index contributed by atoms with van der Waals surface area (Å²) in [6.07, 6.45) is 7.54. The van der Waals surface area contributed by atoms with Gasteiger partial charge < -0.3 is 29.2 Å². The zero-order valence-electron chi connectivity index (χ0n) is 38.3. The standard InChI is InChI=1S/C52H56BrCl2FN8O5/c53-39-9-5-37(6-10-39)48-30-49(64(60-48)50(66)31-54)38-7-15-45(16-8-38)69-26-25-68-24-23-67-22-21-61-17-19-62(20-18-61)33-35-1-3-36(4-2-35)47-34-63(43-11-13-44(65)14-12-43)51-46(47)32-57-52(59-51)58-42-28-40(55)27-41(56)29-42/h1-10,15-16,27-29,32,34,43-44,49,65H,11-14,17-26,30-31,33H2,(H,57,58,59). The van der Waals surface area contributed by atoms with Gasteiger partial charge >= 0.3 is 0 Å². The number of halogens is 4. The third kappa shape index (κ3) is 12.7. The molecule has 0 bridgehead atoms. The summed E-state index contributed by atoms with van der Waals surface area (Å²) in [7, 11) is 0. The smallest absolute Gasteiger partial charge is 0.258 e. The Hall–Kier alpha value is -4.97. The number of benzene rings is 4. The molecule has 9 rings (SSSR count). The number of amides is 1. The lowest BCUT2D eigenvalue weighted by molar-refractivity contribution is -0.130. The lowest BCUT2D eigenvalue weighted by Crippen LogP contribution is -2.46. The number of carbonyl (C=O) groups excluding carboxylic acids is 1. The van der Waals surface area contributed by atoms with E-state index in [9.17, 15) is 14.3 Å². The van der Waals surface area contributed by atoms with Crippen molar-refractivity contribution in [1.29, 1.82) is 0 Å². The van der Waals surface area contributed by atoms with Crippen molar-refractivity contribution in [2.45, 2.75) is 56.8 Å². The van der Waals surface area contributed by atoms with Crippen LogP contribution in [0.15, 0.2) is 113 Å². The van der Waals surface area contributed by atoms with Crippen LogP contribution in [0.25, 0.3) is 22.2 Å². The molecule has 2 N–H and O–H groups in total. The van der Waals surface area contributed by atoms with Gasteiger partial charge in [0.1, 0.15) is 29.7 Å². The van der Waals surface area contributed by atoms with Crippen molar-refractivity contribution in [2.75, 3.05) is 77.0 Å². The topological polar surface area (TPSA) is 130 Å². The number of hydrogen-bond donors (Lipinski definition) is 2. The maximum absolute atomic E-state index is 14.1. The minimum atomic E-state index is -0.440. The van der Waals surface area contributed by atoms with E-state index < -0.39 is 5.82 Å². The minimum absolute atomic E-state index is 0.137. The largest absolute Gasteiger partial charge is 0.491 e. The normalized spacial score (nSPS) is 19.0. The van der Waals surface area contributed by atoms with E-state index in [2.05, 4.69) is 76.2 Å². The average molecular weight is 1040 g/mol. The van der Waals surface area contributed by atoms with Crippen LogP contribution in [0, 0.1) is 5.82 Å². The molecule has 1 aliphatic carbocycles. The highest BCUT2D eigenvalue weighted by molar-refractivity contribution is 9.10. The Morgan fingerprint density at radius 1 is 0.841 bits per heavy atom. The zero-order chi connectivity index (χ0) is 47.7. The molecular weight excluding hydrogens is 986 g/mol. The van der Waals surface area contributed by atoms with Gasteiger partial charge in [-0.25, -0.2) is 14.4 Å². The highest BCUT2D eigenvalue weighted by Gasteiger charge is 2.33. The summed E-state index contributed by atoms with van der Waals surface area (Å²) in [6.45, 7) is 8.25. The van der Waals surface area contributed by atoms with Gasteiger partial charge in [0.2, 0.25) is 5.95 Å². The van der Waals surface area contributed by atoms with Crippen molar-refractivity contribution in [3.8, 4) is 16.9 Å². The summed E-state index contributed by atoms with van der Waals surface area (Å²) >= 11 is 15.5. The second-order valence-corrected chi connectivity index (χ2v) is 19.3. The number of aliphatic hydroxyl groups is 1. The van der Waals surface area contributed by atoms with Crippen LogP contribution in [-0.4, -0.2) is 124 Å². The highest BCUT2D eigenvalue weighted by Crippen LogP contribution is 2.38. The van der Waals surface area contributed by atoms with E-state index in [1.54, 1.807) is 6.07 Å². The van der Waals surface area contributed by atoms with Crippen LogP contribution >= 0.6 is 39.1 Å². The first-order chi connectivity index (χ1) is 33.6. The molecule has 3 aliphatic rings. The van der Waals surface area contributed by atoms with Crippen molar-refractivity contribution < 1.29 is 28.5 Å². The Morgan fingerprint density at radius 2 is 1.54 bits per heavy atom. The molecule has 1 saturated carbocycles. The van der Waals surface area contributed by atoms with Crippen LogP contribution < -0.4 is 10.1 Å². The molecule has 6 aromatic rings. The van der Waals surface area contributed by atoms with Gasteiger partial charge in [0.05, 0.1) is 44.3 Å². The van der Waals surface area contributed by atoms with Gasteiger partial charge in [-0.2, -0.15) is 10.1 Å². The molecule has 0 spiro atoms. The van der Waals surface area contributed by atoms with Crippen LogP contribution in [0.4, 0.5) is 16.0 Å². The van der Waals surface area contributed by atoms with E-state index in [1.807, 2.05) is 54.7 Å². The Kier molecular flexibility index (Phi) is 16.6. The van der Waals surface area contributed by atoms with E-state index in [-0.39, 0.29) is 35.0 Å². The molecule has 1 amide bonds. The fraction of sp³-hybridized carbons (Fsp3) is 0.385. The van der Waals surface area contributed by atoms with E-state index in [0.29, 0.717) is 51.1 Å². The number of nitrogens with zero attached hydrogens (tertiary/aromatic N) is 7. The van der Waals surface area contributed by atoms with Gasteiger partial charge in [0.25, 0.3) is 5.91 Å². The van der Waals surface area contributed by atoms with Crippen molar-refractivity contribution in [3.05, 3.63) is 135 Å². The molecule has 2 aliphatic heterocycles. The summed E-state index contributed by atoms with van der Waals surface area (Å²) < 4.78 is 34.9. The molecule has 17 heteroatoms. The number of aliphatic hydroxyl groups excluding tert-OH is 1. The molecule has 4 aromatic carbocycles. The summed E-state index contributed by atoms with van der Waals surface area (Å²) in [4.78, 5) is 27.1. The number of alkyl halides is 1. The molecule has 4 heterocycles. The second kappa shape index (κ2) is 23.3. The van der Waals surface area contributed by atoms with Crippen LogP contribution in [-0.2, 0) is 20.8 Å². The molecule has 2 aromatic heterocycles. The number of rotatable bonds is 19. The summed E-state index contributed by atoms with van der Waals surface area (Å²) in [5, 5.41) is 20.7. The highest BCUT2D eigenvalue weighted by atomic mass is 79.9. The van der Waals surface area contributed by atoms with Gasteiger partial charge in [-0.1, -0.05) is 76.1 Å². The Labute approximate surface area is 420 Å². The summed E-state index contributed by atoms with van der Waals surface area (Å²) in [5.74, 6) is 0.274. The van der Waals surface area contributed by atoms with Gasteiger partial charge in [-0.05, 0) is 90.4 Å². The maximum atomic E-state index is 14.1. The molecule has 69 heavy (non-hydrogen) atoms. The first-order valence-electron chi connectivity index (χ1n) is 23.6. The molecule has 362 valence electrons. The summed E-state index contributed by atoms with van der Waals surface area (Å²) in [5.41, 5.74) is 7.46. The zero-order valence-corrected chi connectivity index (χ0v) is 41.4. The third-order valence-electron chi connectivity index (χ3n) is 13.0. The fourth-order valence-electron chi connectivity index (χ4n) is 9.31. The van der Waals surface area contributed by atoms with E-state index in [1.165, 1.54) is 22.7 Å². The molecule has 0 radical (unpaired) electrons. The van der Waals surface area contributed by atoms with Crippen molar-refractivity contribution in [2.24, 2.45) is 5.10 Å². The van der Waals surface area contributed by atoms with Gasteiger partial charge in [-0.15, -0.1) is 11.6 Å². The fourth-order valence-corrected chi connectivity index (χ4v) is 9.92. The third-order valence-corrected chi connectivity index (χ3v) is 14.0. The molecule has 2 fully saturated rings. The van der Waals surface area contributed by atoms with E-state index in [4.69, 9.17) is 42.4 Å². The Balaban J connectivity index is 0.675. The van der Waals surface area contributed by atoms with E-state index in [0.717, 1.165) is 114 Å². The second-order valence-electron chi connectivity index (χ2n) is 17.7. The predicted molar refractivity (Wildman–Crippen MR) is 272 cm³/mol. The first kappa shape index (κ1) is 49.0. The minimum Gasteiger partial charge on any atom is -0.491 e. The van der Waals surface area contributed by atoms with Crippen LogP contribution in [0.2, 0.25) is 5.02 Å². The first-order valence-corrected chi connectivity index (χ1v) is 25.3. The Bertz CT molecular complexity index is 2680. The lowest BCUT2D eigenvalue weighted by atomic mass is 9.93. The Morgan fingerprint density at radius 3 is 2.26 bits per heavy atom. The number of fused-ring (bicyclic) bond motifs is 1.